The van der Waals surface area contributed by atoms with Crippen molar-refractivity contribution in [1.29, 1.82) is 0 Å². The van der Waals surface area contributed by atoms with Gasteiger partial charge in [-0.1, -0.05) is 24.3 Å². The lowest BCUT2D eigenvalue weighted by molar-refractivity contribution is 1.51. The average Bonchev–Trinajstić information content (AvgIpc) is 3.45. The molecule has 0 amide bonds. The molecule has 4 heteroatoms. The molecule has 0 radical (unpaired) electrons. The van der Waals surface area contributed by atoms with E-state index in [1.54, 1.807) is 0 Å². The molecular weight excluding hydrogens is 441 g/mol. The molecule has 0 spiro atoms. The first kappa shape index (κ1) is 18.8. The number of hydrogen-bond donors (Lipinski definition) is 0. The van der Waals surface area contributed by atoms with E-state index in [9.17, 15) is 0 Å². The molecule has 0 atom stereocenters. The van der Waals surface area contributed by atoms with E-state index >= 15 is 0 Å². The first-order valence-corrected chi connectivity index (χ1v) is 13.3. The van der Waals surface area contributed by atoms with Gasteiger partial charge in [0.05, 0.1) is 0 Å². The van der Waals surface area contributed by atoms with Gasteiger partial charge >= 0.3 is 0 Å². The highest BCUT2D eigenvalue weighted by atomic mass is 32.1. The van der Waals surface area contributed by atoms with E-state index < -0.39 is 0 Å². The molecule has 0 N–H and O–H groups in total. The van der Waals surface area contributed by atoms with Crippen molar-refractivity contribution in [2.24, 2.45) is 0 Å². The summed E-state index contributed by atoms with van der Waals surface area (Å²) in [5.74, 6) is 0. The summed E-state index contributed by atoms with van der Waals surface area (Å²) < 4.78 is 2.82. The van der Waals surface area contributed by atoms with E-state index in [-0.39, 0.29) is 0 Å². The smallest absolute Gasteiger partial charge is 0.0475 e. The summed E-state index contributed by atoms with van der Waals surface area (Å²) in [5.41, 5.74) is 2.78. The first-order chi connectivity index (χ1) is 14.5. The van der Waals surface area contributed by atoms with Crippen LogP contribution in [0, 0.1) is 27.7 Å². The van der Waals surface area contributed by atoms with E-state index in [4.69, 9.17) is 0 Å². The van der Waals surface area contributed by atoms with Crippen molar-refractivity contribution >= 4 is 76.3 Å². The Labute approximate surface area is 192 Å². The Bertz CT molecular complexity index is 1460. The van der Waals surface area contributed by atoms with Crippen molar-refractivity contribution in [3.05, 3.63) is 69.4 Å². The molecule has 6 aromatic rings. The summed E-state index contributed by atoms with van der Waals surface area (Å²) in [6.07, 6.45) is 0. The van der Waals surface area contributed by atoms with Gasteiger partial charge in [0, 0.05) is 49.4 Å². The van der Waals surface area contributed by atoms with Crippen LogP contribution in [0.3, 0.4) is 0 Å². The van der Waals surface area contributed by atoms with Crippen LogP contribution in [0.2, 0.25) is 0 Å². The Morgan fingerprint density at radius 1 is 0.500 bits per heavy atom. The summed E-state index contributed by atoms with van der Waals surface area (Å²) >= 11 is 7.70. The molecule has 2 aromatic carbocycles. The number of aryl methyl sites for hydroxylation is 4. The highest BCUT2D eigenvalue weighted by Crippen LogP contribution is 2.46. The van der Waals surface area contributed by atoms with Crippen molar-refractivity contribution in [1.82, 2.24) is 0 Å². The summed E-state index contributed by atoms with van der Waals surface area (Å²) in [6, 6.07) is 18.6. The van der Waals surface area contributed by atoms with Crippen LogP contribution >= 0.6 is 45.3 Å². The van der Waals surface area contributed by atoms with Gasteiger partial charge in [-0.05, 0) is 73.9 Å². The minimum Gasteiger partial charge on any atom is -0.139 e. The van der Waals surface area contributed by atoms with Gasteiger partial charge < -0.3 is 0 Å². The minimum absolute atomic E-state index is 1.36. The topological polar surface area (TPSA) is 0 Å². The molecule has 4 heterocycles. The van der Waals surface area contributed by atoms with E-state index in [1.807, 2.05) is 45.3 Å². The lowest BCUT2D eigenvalue weighted by Gasteiger charge is -2.01. The normalized spacial score (nSPS) is 12.0. The summed E-state index contributed by atoms with van der Waals surface area (Å²) in [7, 11) is 0. The van der Waals surface area contributed by atoms with Gasteiger partial charge in [0.25, 0.3) is 0 Å². The lowest BCUT2D eigenvalue weighted by atomic mass is 10.1. The molecule has 0 aliphatic carbocycles. The lowest BCUT2D eigenvalue weighted by Crippen LogP contribution is -1.73. The maximum Gasteiger partial charge on any atom is 0.0475 e. The van der Waals surface area contributed by atoms with Crippen LogP contribution in [0.25, 0.3) is 50.5 Å². The van der Waals surface area contributed by atoms with Crippen LogP contribution in [0.15, 0.2) is 48.5 Å². The van der Waals surface area contributed by atoms with Crippen LogP contribution < -0.4 is 0 Å². The van der Waals surface area contributed by atoms with Gasteiger partial charge in [0.2, 0.25) is 0 Å². The molecule has 0 fully saturated rings. The molecule has 0 saturated carbocycles. The average molecular weight is 461 g/mol. The number of rotatable bonds is 2. The van der Waals surface area contributed by atoms with Crippen molar-refractivity contribution in [2.75, 3.05) is 0 Å². The molecule has 0 aliphatic rings. The SMILES string of the molecule is Cc1cc(C)c(-c2cc3ccc4c(ccc5cc(-c6sc(C)cc6C)sc54)c3s2)s1. The fourth-order valence-electron chi connectivity index (χ4n) is 4.40. The number of hydrogen-bond acceptors (Lipinski definition) is 4. The number of fused-ring (bicyclic) bond motifs is 5. The molecule has 4 aromatic heterocycles. The summed E-state index contributed by atoms with van der Waals surface area (Å²) in [6.45, 7) is 8.86. The fraction of sp³-hybridized carbons (Fsp3) is 0.154. The predicted octanol–water partition coefficient (Wildman–Crippen LogP) is 9.96. The van der Waals surface area contributed by atoms with E-state index in [1.165, 1.54) is 71.3 Å². The minimum atomic E-state index is 1.36. The largest absolute Gasteiger partial charge is 0.139 e. The molecular formula is C26H20S4. The second kappa shape index (κ2) is 6.76. The molecule has 0 nitrogen and oxygen atoms in total. The highest BCUT2D eigenvalue weighted by Gasteiger charge is 2.15. The second-order valence-electron chi connectivity index (χ2n) is 8.02. The van der Waals surface area contributed by atoms with Crippen LogP contribution in [0.5, 0.6) is 0 Å². The van der Waals surface area contributed by atoms with Gasteiger partial charge in [-0.15, -0.1) is 45.3 Å². The zero-order valence-electron chi connectivity index (χ0n) is 17.3. The van der Waals surface area contributed by atoms with E-state index in [0.29, 0.717) is 0 Å². The maximum absolute atomic E-state index is 2.37. The van der Waals surface area contributed by atoms with Crippen molar-refractivity contribution in [3.8, 4) is 19.5 Å². The predicted molar refractivity (Wildman–Crippen MR) is 140 cm³/mol. The Kier molecular flexibility index (Phi) is 4.23. The second-order valence-corrected chi connectivity index (χ2v) is 12.6. The number of benzene rings is 2. The van der Waals surface area contributed by atoms with Crippen molar-refractivity contribution < 1.29 is 0 Å². The molecule has 0 bridgehead atoms. The Hall–Kier alpha value is -1.98. The third-order valence-electron chi connectivity index (χ3n) is 5.69. The van der Waals surface area contributed by atoms with Gasteiger partial charge in [-0.2, -0.15) is 0 Å². The Morgan fingerprint density at radius 3 is 1.30 bits per heavy atom. The summed E-state index contributed by atoms with van der Waals surface area (Å²) in [4.78, 5) is 8.40. The zero-order valence-corrected chi connectivity index (χ0v) is 20.5. The molecule has 30 heavy (non-hydrogen) atoms. The quantitative estimate of drug-likeness (QED) is 0.241. The van der Waals surface area contributed by atoms with Crippen LogP contribution in [0.4, 0.5) is 0 Å². The maximum atomic E-state index is 2.37. The molecule has 148 valence electrons. The van der Waals surface area contributed by atoms with E-state index in [0.717, 1.165) is 0 Å². The summed E-state index contributed by atoms with van der Waals surface area (Å²) in [5, 5.41) is 5.48. The third kappa shape index (κ3) is 2.82. The Morgan fingerprint density at radius 2 is 0.933 bits per heavy atom. The Balaban J connectivity index is 1.58. The standard InChI is InChI=1S/C26H20S4/c1-13-9-15(3)27-23(13)21-11-17-5-7-20-19(25(17)29-21)8-6-18-12-22(30-26(18)20)24-14(2)10-16(4)28-24/h5-12H,1-4H3. The highest BCUT2D eigenvalue weighted by molar-refractivity contribution is 7.28. The molecule has 0 saturated heterocycles. The third-order valence-corrected chi connectivity index (χ3v) is 10.7. The fourth-order valence-corrected chi connectivity index (χ4v) is 9.16. The van der Waals surface area contributed by atoms with Crippen molar-refractivity contribution in [3.63, 3.8) is 0 Å². The van der Waals surface area contributed by atoms with Gasteiger partial charge in [-0.25, -0.2) is 0 Å². The van der Waals surface area contributed by atoms with Crippen LogP contribution in [0.1, 0.15) is 20.9 Å². The molecule has 0 unspecified atom stereocenters. The molecule has 6 rings (SSSR count). The van der Waals surface area contributed by atoms with Crippen LogP contribution in [-0.2, 0) is 0 Å². The molecule has 0 aliphatic heterocycles. The van der Waals surface area contributed by atoms with E-state index in [2.05, 4.69) is 76.2 Å². The van der Waals surface area contributed by atoms with Crippen LogP contribution in [-0.4, -0.2) is 0 Å². The van der Waals surface area contributed by atoms with Gasteiger partial charge in [-0.3, -0.25) is 0 Å². The van der Waals surface area contributed by atoms with Gasteiger partial charge in [0.1, 0.15) is 0 Å². The number of thiophene rings is 4. The first-order valence-electron chi connectivity index (χ1n) is 10.0. The van der Waals surface area contributed by atoms with Crippen molar-refractivity contribution in [2.45, 2.75) is 27.7 Å². The zero-order chi connectivity index (χ0) is 20.6. The monoisotopic (exact) mass is 460 g/mol. The van der Waals surface area contributed by atoms with Gasteiger partial charge in [0.15, 0.2) is 0 Å².